The van der Waals surface area contributed by atoms with Gasteiger partial charge in [0.2, 0.25) is 0 Å². The van der Waals surface area contributed by atoms with Gasteiger partial charge < -0.3 is 0 Å². The summed E-state index contributed by atoms with van der Waals surface area (Å²) in [7, 11) is 0. The summed E-state index contributed by atoms with van der Waals surface area (Å²) in [5.74, 6) is 0.270. The predicted molar refractivity (Wildman–Crippen MR) is 72.5 cm³/mol. The Balaban J connectivity index is 2.18. The average Bonchev–Trinajstić information content (AvgIpc) is 2.83. The van der Waals surface area contributed by atoms with Gasteiger partial charge in [-0.3, -0.25) is 4.79 Å². The minimum Gasteiger partial charge on any atom is -0.298 e. The van der Waals surface area contributed by atoms with Crippen molar-refractivity contribution in [3.8, 4) is 0 Å². The van der Waals surface area contributed by atoms with Gasteiger partial charge in [0.05, 0.1) is 0 Å². The molecule has 1 heterocycles. The van der Waals surface area contributed by atoms with Crippen LogP contribution in [0.2, 0.25) is 0 Å². The molecule has 0 spiro atoms. The Morgan fingerprint density at radius 2 is 1.82 bits per heavy atom. The third kappa shape index (κ3) is 2.64. The molecule has 0 radical (unpaired) electrons. The van der Waals surface area contributed by atoms with Crippen LogP contribution in [0.4, 0.5) is 0 Å². The summed E-state index contributed by atoms with van der Waals surface area (Å²) in [6.07, 6.45) is 0.527. The minimum atomic E-state index is -0.411. The molecule has 0 atom stereocenters. The van der Waals surface area contributed by atoms with E-state index in [1.165, 1.54) is 0 Å². The average molecular weight is 244 g/mol. The highest BCUT2D eigenvalue weighted by Crippen LogP contribution is 2.26. The van der Waals surface area contributed by atoms with Crippen molar-refractivity contribution in [1.29, 1.82) is 0 Å². The number of carbonyl (C=O) groups excluding carboxylic acids is 1. The van der Waals surface area contributed by atoms with E-state index in [4.69, 9.17) is 0 Å². The first-order valence-electron chi connectivity index (χ1n) is 5.72. The third-order valence-electron chi connectivity index (χ3n) is 3.11. The lowest BCUT2D eigenvalue weighted by molar-refractivity contribution is -0.122. The Labute approximate surface area is 106 Å². The molecule has 2 aromatic rings. The fraction of sp³-hybridized carbons (Fsp3) is 0.267. The van der Waals surface area contributed by atoms with Crippen LogP contribution in [0.1, 0.15) is 24.3 Å². The minimum absolute atomic E-state index is 0.270. The van der Waals surface area contributed by atoms with Gasteiger partial charge in [-0.05, 0) is 30.9 Å². The van der Waals surface area contributed by atoms with Gasteiger partial charge in [0.1, 0.15) is 5.78 Å². The predicted octanol–water partition coefficient (Wildman–Crippen LogP) is 3.84. The summed E-state index contributed by atoms with van der Waals surface area (Å²) in [5, 5.41) is 2.01. The molecule has 0 N–H and O–H groups in total. The number of rotatable bonds is 4. The van der Waals surface area contributed by atoms with E-state index < -0.39 is 5.41 Å². The van der Waals surface area contributed by atoms with Gasteiger partial charge in [0.15, 0.2) is 0 Å². The van der Waals surface area contributed by atoms with Crippen molar-refractivity contribution in [2.24, 2.45) is 0 Å². The van der Waals surface area contributed by atoms with Crippen LogP contribution in [0.3, 0.4) is 0 Å². The Bertz CT molecular complexity index is 483. The van der Waals surface area contributed by atoms with Gasteiger partial charge in [-0.1, -0.05) is 36.4 Å². The zero-order valence-corrected chi connectivity index (χ0v) is 11.0. The van der Waals surface area contributed by atoms with E-state index in [0.717, 1.165) is 10.4 Å². The van der Waals surface area contributed by atoms with Crippen molar-refractivity contribution in [1.82, 2.24) is 0 Å². The lowest BCUT2D eigenvalue weighted by atomic mass is 9.79. The van der Waals surface area contributed by atoms with Gasteiger partial charge >= 0.3 is 0 Å². The smallest absolute Gasteiger partial charge is 0.148 e. The van der Waals surface area contributed by atoms with Crippen molar-refractivity contribution in [3.05, 3.63) is 58.3 Å². The highest BCUT2D eigenvalue weighted by atomic mass is 32.1. The molecule has 0 amide bonds. The summed E-state index contributed by atoms with van der Waals surface area (Å²) >= 11 is 1.64. The van der Waals surface area contributed by atoms with Crippen molar-refractivity contribution in [2.45, 2.75) is 25.7 Å². The highest BCUT2D eigenvalue weighted by Gasteiger charge is 2.29. The SMILES string of the molecule is CC(C)(C(=O)Cc1cccs1)c1ccccc1. The quantitative estimate of drug-likeness (QED) is 0.798. The normalized spacial score (nSPS) is 11.4. The van der Waals surface area contributed by atoms with E-state index in [2.05, 4.69) is 0 Å². The van der Waals surface area contributed by atoms with Crippen LogP contribution in [0.15, 0.2) is 47.8 Å². The molecule has 0 fully saturated rings. The molecule has 1 aromatic heterocycles. The number of benzene rings is 1. The molecule has 17 heavy (non-hydrogen) atoms. The molecule has 0 aliphatic carbocycles. The van der Waals surface area contributed by atoms with E-state index in [1.54, 1.807) is 11.3 Å². The van der Waals surface area contributed by atoms with Crippen molar-refractivity contribution in [3.63, 3.8) is 0 Å². The summed E-state index contributed by atoms with van der Waals surface area (Å²) in [6, 6.07) is 14.0. The van der Waals surface area contributed by atoms with Crippen molar-refractivity contribution < 1.29 is 4.79 Å². The highest BCUT2D eigenvalue weighted by molar-refractivity contribution is 7.10. The molecule has 0 aliphatic rings. The van der Waals surface area contributed by atoms with E-state index in [1.807, 2.05) is 61.7 Å². The van der Waals surface area contributed by atoms with Crippen LogP contribution < -0.4 is 0 Å². The van der Waals surface area contributed by atoms with Crippen LogP contribution >= 0.6 is 11.3 Å². The molecular formula is C15H16OS. The number of ketones is 1. The van der Waals surface area contributed by atoms with Crippen LogP contribution in [-0.4, -0.2) is 5.78 Å². The Hall–Kier alpha value is -1.41. The summed E-state index contributed by atoms with van der Waals surface area (Å²) in [6.45, 7) is 4.00. The molecule has 1 nitrogen and oxygen atoms in total. The maximum atomic E-state index is 12.3. The summed E-state index contributed by atoms with van der Waals surface area (Å²) < 4.78 is 0. The lowest BCUT2D eigenvalue weighted by Crippen LogP contribution is -2.30. The number of carbonyl (C=O) groups is 1. The zero-order chi connectivity index (χ0) is 12.3. The first kappa shape index (κ1) is 12.1. The second-order valence-corrected chi connectivity index (χ2v) is 5.70. The number of hydrogen-bond acceptors (Lipinski definition) is 2. The Morgan fingerprint density at radius 1 is 1.12 bits per heavy atom. The number of thiophene rings is 1. The van der Waals surface area contributed by atoms with Crippen LogP contribution in [-0.2, 0) is 16.6 Å². The van der Waals surface area contributed by atoms with Crippen molar-refractivity contribution >= 4 is 17.1 Å². The van der Waals surface area contributed by atoms with E-state index >= 15 is 0 Å². The maximum Gasteiger partial charge on any atom is 0.148 e. The fourth-order valence-electron chi connectivity index (χ4n) is 1.81. The summed E-state index contributed by atoms with van der Waals surface area (Å²) in [5.41, 5.74) is 0.673. The first-order chi connectivity index (χ1) is 8.10. The van der Waals surface area contributed by atoms with Gasteiger partial charge in [0.25, 0.3) is 0 Å². The largest absolute Gasteiger partial charge is 0.298 e. The third-order valence-corrected chi connectivity index (χ3v) is 3.98. The van der Waals surface area contributed by atoms with E-state index in [0.29, 0.717) is 6.42 Å². The fourth-order valence-corrected chi connectivity index (χ4v) is 2.51. The monoisotopic (exact) mass is 244 g/mol. The molecule has 1 aromatic carbocycles. The molecule has 0 saturated heterocycles. The summed E-state index contributed by atoms with van der Waals surface area (Å²) in [4.78, 5) is 13.5. The molecule has 2 heteroatoms. The second-order valence-electron chi connectivity index (χ2n) is 4.67. The van der Waals surface area contributed by atoms with Crippen LogP contribution in [0.5, 0.6) is 0 Å². The van der Waals surface area contributed by atoms with Gasteiger partial charge in [-0.25, -0.2) is 0 Å². The molecule has 88 valence electrons. The van der Waals surface area contributed by atoms with Gasteiger partial charge in [-0.2, -0.15) is 0 Å². The lowest BCUT2D eigenvalue weighted by Gasteiger charge is -2.23. The number of hydrogen-bond donors (Lipinski definition) is 0. The zero-order valence-electron chi connectivity index (χ0n) is 10.1. The topological polar surface area (TPSA) is 17.1 Å². The molecular weight excluding hydrogens is 228 g/mol. The van der Waals surface area contributed by atoms with Gasteiger partial charge in [0, 0.05) is 16.7 Å². The number of Topliss-reactive ketones (excluding diaryl/α,β-unsaturated/α-hetero) is 1. The molecule has 0 aliphatic heterocycles. The van der Waals surface area contributed by atoms with Crippen LogP contribution in [0.25, 0.3) is 0 Å². The van der Waals surface area contributed by atoms with E-state index in [-0.39, 0.29) is 5.78 Å². The van der Waals surface area contributed by atoms with Gasteiger partial charge in [-0.15, -0.1) is 11.3 Å². The van der Waals surface area contributed by atoms with Crippen LogP contribution in [0, 0.1) is 0 Å². The molecule has 0 bridgehead atoms. The standard InChI is InChI=1S/C15H16OS/c1-15(2,12-7-4-3-5-8-12)14(16)11-13-9-6-10-17-13/h3-10H,11H2,1-2H3. The van der Waals surface area contributed by atoms with E-state index in [9.17, 15) is 4.79 Å². The maximum absolute atomic E-state index is 12.3. The first-order valence-corrected chi connectivity index (χ1v) is 6.60. The van der Waals surface area contributed by atoms with Crippen molar-refractivity contribution in [2.75, 3.05) is 0 Å². The molecule has 2 rings (SSSR count). The molecule has 0 unspecified atom stereocenters. The molecule has 0 saturated carbocycles. The Kier molecular flexibility index (Phi) is 3.43. The second kappa shape index (κ2) is 4.84. The Morgan fingerprint density at radius 3 is 2.41 bits per heavy atom.